The van der Waals surface area contributed by atoms with Crippen molar-refractivity contribution in [3.8, 4) is 0 Å². The number of benzene rings is 1. The highest BCUT2D eigenvalue weighted by Gasteiger charge is 2.12. The molecule has 1 heterocycles. The second-order valence-electron chi connectivity index (χ2n) is 4.22. The van der Waals surface area contributed by atoms with Crippen LogP contribution in [0.4, 0.5) is 5.69 Å². The maximum atomic E-state index is 11.4. The fourth-order valence-electron chi connectivity index (χ4n) is 1.46. The molecule has 0 fully saturated rings. The second kappa shape index (κ2) is 4.89. The Morgan fingerprint density at radius 1 is 1.44 bits per heavy atom. The van der Waals surface area contributed by atoms with Crippen molar-refractivity contribution < 1.29 is 12.8 Å². The maximum absolute atomic E-state index is 11.4. The van der Waals surface area contributed by atoms with E-state index in [1.807, 2.05) is 13.8 Å². The predicted octanol–water partition coefficient (Wildman–Crippen LogP) is 3.05. The van der Waals surface area contributed by atoms with Crippen LogP contribution in [0.25, 0.3) is 11.1 Å². The van der Waals surface area contributed by atoms with Gasteiger partial charge in [-0.15, -0.1) is 0 Å². The number of rotatable bonds is 4. The minimum atomic E-state index is -3.34. The monoisotopic (exact) mass is 332 g/mol. The van der Waals surface area contributed by atoms with Crippen LogP contribution in [0.2, 0.25) is 0 Å². The summed E-state index contributed by atoms with van der Waals surface area (Å²) in [5.74, 6) is 0.839. The summed E-state index contributed by atoms with van der Waals surface area (Å²) in [5.41, 5.74) is 1.78. The lowest BCUT2D eigenvalue weighted by atomic mass is 10.2. The average Bonchev–Trinajstić information content (AvgIpc) is 2.71. The lowest BCUT2D eigenvalue weighted by Gasteiger charge is -2.03. The summed E-state index contributed by atoms with van der Waals surface area (Å²) in [7, 11) is -3.34. The van der Waals surface area contributed by atoms with E-state index in [-0.39, 0.29) is 10.6 Å². The van der Waals surface area contributed by atoms with Crippen molar-refractivity contribution >= 4 is 42.7 Å². The second-order valence-corrected chi connectivity index (χ2v) is 7.24. The lowest BCUT2D eigenvalue weighted by Crippen LogP contribution is -2.12. The van der Waals surface area contributed by atoms with Gasteiger partial charge in [-0.2, -0.15) is 0 Å². The van der Waals surface area contributed by atoms with Crippen LogP contribution in [-0.2, 0) is 10.0 Å². The van der Waals surface area contributed by atoms with Gasteiger partial charge in [-0.25, -0.2) is 13.4 Å². The molecule has 2 aromatic rings. The SMILES string of the molecule is CC(C)c1nc2cc(NS(=O)(=O)CBr)ccc2o1. The lowest BCUT2D eigenvalue weighted by molar-refractivity contribution is 0.501. The van der Waals surface area contributed by atoms with Gasteiger partial charge in [-0.1, -0.05) is 29.8 Å². The third kappa shape index (κ3) is 2.84. The summed E-state index contributed by atoms with van der Waals surface area (Å²) in [6.45, 7) is 3.97. The van der Waals surface area contributed by atoms with Crippen LogP contribution in [0, 0.1) is 0 Å². The van der Waals surface area contributed by atoms with Crippen LogP contribution in [0.1, 0.15) is 25.7 Å². The van der Waals surface area contributed by atoms with Gasteiger partial charge in [0.25, 0.3) is 0 Å². The first kappa shape index (κ1) is 13.4. The van der Waals surface area contributed by atoms with Gasteiger partial charge in [0, 0.05) is 5.92 Å². The fraction of sp³-hybridized carbons (Fsp3) is 0.364. The molecule has 5 nitrogen and oxygen atoms in total. The van der Waals surface area contributed by atoms with Gasteiger partial charge in [-0.3, -0.25) is 4.72 Å². The van der Waals surface area contributed by atoms with Gasteiger partial charge in [0.05, 0.1) is 5.69 Å². The highest BCUT2D eigenvalue weighted by Crippen LogP contribution is 2.24. The molecule has 0 atom stereocenters. The van der Waals surface area contributed by atoms with E-state index in [0.29, 0.717) is 22.7 Å². The number of hydrogen-bond acceptors (Lipinski definition) is 4. The molecule has 0 radical (unpaired) electrons. The summed E-state index contributed by atoms with van der Waals surface area (Å²) in [5, 5.41) is 0. The van der Waals surface area contributed by atoms with E-state index in [1.54, 1.807) is 18.2 Å². The molecule has 98 valence electrons. The Kier molecular flexibility index (Phi) is 3.63. The molecule has 0 unspecified atom stereocenters. The van der Waals surface area contributed by atoms with Gasteiger partial charge in [0.15, 0.2) is 11.5 Å². The topological polar surface area (TPSA) is 72.2 Å². The first-order chi connectivity index (χ1) is 8.41. The molecule has 0 amide bonds. The normalized spacial score (nSPS) is 12.2. The minimum absolute atomic E-state index is 0.145. The molecule has 0 aliphatic heterocycles. The summed E-state index contributed by atoms with van der Waals surface area (Å²) < 4.78 is 30.7. The zero-order valence-corrected chi connectivity index (χ0v) is 12.4. The van der Waals surface area contributed by atoms with E-state index in [2.05, 4.69) is 25.6 Å². The zero-order chi connectivity index (χ0) is 13.3. The van der Waals surface area contributed by atoms with E-state index in [1.165, 1.54) is 0 Å². The molecule has 0 saturated carbocycles. The predicted molar refractivity (Wildman–Crippen MR) is 74.4 cm³/mol. The standard InChI is InChI=1S/C11H13BrN2O3S/c1-7(2)11-13-9-5-8(3-4-10(9)17-11)14-18(15,16)6-12/h3-5,7,14H,6H2,1-2H3. The van der Waals surface area contributed by atoms with E-state index >= 15 is 0 Å². The smallest absolute Gasteiger partial charge is 0.242 e. The molecular weight excluding hydrogens is 320 g/mol. The van der Waals surface area contributed by atoms with Crippen LogP contribution in [0.3, 0.4) is 0 Å². The van der Waals surface area contributed by atoms with Crippen LogP contribution < -0.4 is 4.72 Å². The summed E-state index contributed by atoms with van der Waals surface area (Å²) in [6, 6.07) is 5.02. The highest BCUT2D eigenvalue weighted by atomic mass is 79.9. The number of sulfonamides is 1. The molecule has 0 aliphatic rings. The molecule has 7 heteroatoms. The van der Waals surface area contributed by atoms with Crippen molar-refractivity contribution in [3.05, 3.63) is 24.1 Å². The number of halogens is 1. The number of hydrogen-bond donors (Lipinski definition) is 1. The number of nitrogens with zero attached hydrogens (tertiary/aromatic N) is 1. The van der Waals surface area contributed by atoms with Crippen molar-refractivity contribution in [1.82, 2.24) is 4.98 Å². The summed E-state index contributed by atoms with van der Waals surface area (Å²) in [6.07, 6.45) is 0. The number of aromatic nitrogens is 1. The van der Waals surface area contributed by atoms with E-state index in [9.17, 15) is 8.42 Å². The number of nitrogens with one attached hydrogen (secondary N) is 1. The number of alkyl halides is 1. The minimum Gasteiger partial charge on any atom is -0.440 e. The van der Waals surface area contributed by atoms with Gasteiger partial charge < -0.3 is 4.42 Å². The summed E-state index contributed by atoms with van der Waals surface area (Å²) in [4.78, 5) is 4.32. The molecule has 18 heavy (non-hydrogen) atoms. The Labute approximate surface area is 114 Å². The molecule has 1 aromatic carbocycles. The van der Waals surface area contributed by atoms with Gasteiger partial charge in [-0.05, 0) is 18.2 Å². The van der Waals surface area contributed by atoms with Gasteiger partial charge in [0.1, 0.15) is 10.2 Å². The van der Waals surface area contributed by atoms with E-state index in [4.69, 9.17) is 4.42 Å². The third-order valence-electron chi connectivity index (χ3n) is 2.32. The van der Waals surface area contributed by atoms with Gasteiger partial charge >= 0.3 is 0 Å². The van der Waals surface area contributed by atoms with Crippen LogP contribution in [0.5, 0.6) is 0 Å². The first-order valence-electron chi connectivity index (χ1n) is 5.38. The van der Waals surface area contributed by atoms with Crippen LogP contribution in [0.15, 0.2) is 22.6 Å². The Bertz CT molecular complexity index is 664. The van der Waals surface area contributed by atoms with Crippen molar-refractivity contribution in [3.63, 3.8) is 0 Å². The van der Waals surface area contributed by atoms with Crippen LogP contribution in [-0.4, -0.2) is 18.1 Å². The molecule has 2 rings (SSSR count). The Hall–Kier alpha value is -1.08. The number of anilines is 1. The van der Waals surface area contributed by atoms with E-state index < -0.39 is 10.0 Å². The van der Waals surface area contributed by atoms with Crippen molar-refractivity contribution in [2.45, 2.75) is 19.8 Å². The molecule has 0 saturated heterocycles. The number of fused-ring (bicyclic) bond motifs is 1. The highest BCUT2D eigenvalue weighted by molar-refractivity contribution is 9.10. The molecule has 0 bridgehead atoms. The molecule has 1 aromatic heterocycles. The van der Waals surface area contributed by atoms with Crippen molar-refractivity contribution in [2.24, 2.45) is 0 Å². The molecule has 0 aliphatic carbocycles. The third-order valence-corrected chi connectivity index (χ3v) is 4.96. The largest absolute Gasteiger partial charge is 0.440 e. The molecule has 0 spiro atoms. The summed E-state index contributed by atoms with van der Waals surface area (Å²) >= 11 is 2.92. The molecule has 1 N–H and O–H groups in total. The Morgan fingerprint density at radius 3 is 2.78 bits per heavy atom. The van der Waals surface area contributed by atoms with Crippen molar-refractivity contribution in [1.29, 1.82) is 0 Å². The zero-order valence-electron chi connectivity index (χ0n) is 9.97. The average molecular weight is 333 g/mol. The Morgan fingerprint density at radius 2 is 2.17 bits per heavy atom. The van der Waals surface area contributed by atoms with Gasteiger partial charge in [0.2, 0.25) is 10.0 Å². The Balaban J connectivity index is 2.38. The first-order valence-corrected chi connectivity index (χ1v) is 8.15. The van der Waals surface area contributed by atoms with Crippen molar-refractivity contribution in [2.75, 3.05) is 9.38 Å². The fourth-order valence-corrected chi connectivity index (χ4v) is 2.35. The molecular formula is C11H13BrN2O3S. The van der Waals surface area contributed by atoms with E-state index in [0.717, 1.165) is 0 Å². The quantitative estimate of drug-likeness (QED) is 0.873. The van der Waals surface area contributed by atoms with Crippen LogP contribution >= 0.6 is 15.9 Å². The number of oxazole rings is 1. The maximum Gasteiger partial charge on any atom is 0.242 e.